The first-order chi connectivity index (χ1) is 12.9. The summed E-state index contributed by atoms with van der Waals surface area (Å²) in [6.45, 7) is 0.498. The molecule has 0 aliphatic carbocycles. The molecule has 2 amide bonds. The van der Waals surface area contributed by atoms with Crippen LogP contribution in [0.4, 0.5) is 4.79 Å². The van der Waals surface area contributed by atoms with Crippen LogP contribution in [0.3, 0.4) is 0 Å². The van der Waals surface area contributed by atoms with Gasteiger partial charge in [-0.05, 0) is 23.3 Å². The third-order valence-corrected chi connectivity index (χ3v) is 6.61. The van der Waals surface area contributed by atoms with Crippen LogP contribution in [0.2, 0.25) is 0 Å². The lowest BCUT2D eigenvalue weighted by atomic mass is 10.0. The van der Waals surface area contributed by atoms with Gasteiger partial charge < -0.3 is 4.74 Å². The van der Waals surface area contributed by atoms with Crippen LogP contribution in [0.15, 0.2) is 59.5 Å². The van der Waals surface area contributed by atoms with Crippen LogP contribution >= 0.6 is 0 Å². The average molecular weight is 386 g/mol. The van der Waals surface area contributed by atoms with Crippen molar-refractivity contribution in [1.29, 1.82) is 0 Å². The Labute approximate surface area is 157 Å². The fourth-order valence-corrected chi connectivity index (χ4v) is 4.90. The van der Waals surface area contributed by atoms with E-state index in [2.05, 4.69) is 4.74 Å². The van der Waals surface area contributed by atoms with E-state index in [-0.39, 0.29) is 43.0 Å². The third-order valence-electron chi connectivity index (χ3n) is 4.78. The normalized spacial score (nSPS) is 18.4. The van der Waals surface area contributed by atoms with Crippen LogP contribution in [-0.2, 0) is 19.6 Å². The van der Waals surface area contributed by atoms with Gasteiger partial charge in [-0.2, -0.15) is 4.31 Å². The summed E-state index contributed by atoms with van der Waals surface area (Å²) in [5.41, 5.74) is 1.78. The number of rotatable bonds is 5. The Morgan fingerprint density at radius 3 is 2.33 bits per heavy atom. The summed E-state index contributed by atoms with van der Waals surface area (Å²) >= 11 is 0. The van der Waals surface area contributed by atoms with E-state index >= 15 is 0 Å². The van der Waals surface area contributed by atoms with Crippen molar-refractivity contribution < 1.29 is 22.7 Å². The van der Waals surface area contributed by atoms with Gasteiger partial charge in [0.25, 0.3) is 5.91 Å². The zero-order chi connectivity index (χ0) is 19.0. The Morgan fingerprint density at radius 1 is 0.963 bits per heavy atom. The molecule has 8 heteroatoms. The Kier molecular flexibility index (Phi) is 4.45. The van der Waals surface area contributed by atoms with E-state index in [1.54, 1.807) is 18.2 Å². The Morgan fingerprint density at radius 2 is 1.67 bits per heavy atom. The highest BCUT2D eigenvalue weighted by Crippen LogP contribution is 2.29. The number of cyclic esters (lactones) is 1. The molecule has 4 rings (SSSR count). The van der Waals surface area contributed by atoms with Crippen LogP contribution in [-0.4, -0.2) is 55.9 Å². The number of nitrogens with zero attached hydrogens (tertiary/aromatic N) is 2. The highest BCUT2D eigenvalue weighted by Gasteiger charge is 2.41. The first-order valence-electron chi connectivity index (χ1n) is 8.58. The van der Waals surface area contributed by atoms with Gasteiger partial charge in [-0.25, -0.2) is 18.1 Å². The predicted molar refractivity (Wildman–Crippen MR) is 97.2 cm³/mol. The van der Waals surface area contributed by atoms with Crippen molar-refractivity contribution in [3.8, 4) is 11.1 Å². The fraction of sp³-hybridized carbons (Fsp3) is 0.263. The highest BCUT2D eigenvalue weighted by molar-refractivity contribution is 7.89. The Hall–Kier alpha value is -2.71. The first-order valence-corrected chi connectivity index (χ1v) is 10.0. The molecule has 0 N–H and O–H groups in total. The minimum atomic E-state index is -3.61. The number of hydrogen-bond donors (Lipinski definition) is 0. The number of benzene rings is 2. The number of amides is 2. The summed E-state index contributed by atoms with van der Waals surface area (Å²) in [5, 5.41) is 0. The van der Waals surface area contributed by atoms with E-state index in [0.29, 0.717) is 0 Å². The summed E-state index contributed by atoms with van der Waals surface area (Å²) in [6.07, 6.45) is -0.656. The highest BCUT2D eigenvalue weighted by atomic mass is 32.2. The molecule has 2 aromatic carbocycles. The topological polar surface area (TPSA) is 84.0 Å². The fourth-order valence-electron chi connectivity index (χ4n) is 3.27. The number of imide groups is 1. The van der Waals surface area contributed by atoms with E-state index in [1.165, 1.54) is 4.31 Å². The second-order valence-corrected chi connectivity index (χ2v) is 8.58. The van der Waals surface area contributed by atoms with Crippen LogP contribution < -0.4 is 0 Å². The lowest BCUT2D eigenvalue weighted by molar-refractivity contribution is -0.126. The molecule has 0 radical (unpaired) electrons. The maximum atomic E-state index is 12.9. The van der Waals surface area contributed by atoms with Gasteiger partial charge in [0.15, 0.2) is 6.61 Å². The van der Waals surface area contributed by atoms with Gasteiger partial charge in [-0.15, -0.1) is 0 Å². The van der Waals surface area contributed by atoms with Crippen LogP contribution in [0.25, 0.3) is 11.1 Å². The molecule has 0 saturated carbocycles. The van der Waals surface area contributed by atoms with Crippen molar-refractivity contribution in [3.05, 3.63) is 54.6 Å². The zero-order valence-corrected chi connectivity index (χ0v) is 15.3. The average Bonchev–Trinajstić information content (AvgIpc) is 2.96. The largest absolute Gasteiger partial charge is 0.439 e. The molecule has 0 bridgehead atoms. The molecule has 2 fully saturated rings. The number of carbonyl (C=O) groups is 2. The van der Waals surface area contributed by atoms with Crippen molar-refractivity contribution in [2.24, 2.45) is 5.92 Å². The number of carbonyl (C=O) groups excluding carboxylic acids is 2. The molecule has 27 heavy (non-hydrogen) atoms. The van der Waals surface area contributed by atoms with Crippen LogP contribution in [0, 0.1) is 5.92 Å². The van der Waals surface area contributed by atoms with E-state index in [9.17, 15) is 18.0 Å². The van der Waals surface area contributed by atoms with Crippen molar-refractivity contribution in [2.45, 2.75) is 4.90 Å². The maximum absolute atomic E-state index is 12.9. The SMILES string of the molecule is O=C1COC(=O)N1CC1CN(S(=O)(=O)c2cccc(-c3ccccc3)c2)C1. The first kappa shape index (κ1) is 17.7. The monoisotopic (exact) mass is 386 g/mol. The summed E-state index contributed by atoms with van der Waals surface area (Å²) < 4.78 is 31.8. The molecule has 0 unspecified atom stereocenters. The molecule has 2 aromatic rings. The van der Waals surface area contributed by atoms with E-state index in [4.69, 9.17) is 0 Å². The lowest BCUT2D eigenvalue weighted by Crippen LogP contribution is -2.54. The number of hydrogen-bond acceptors (Lipinski definition) is 5. The second kappa shape index (κ2) is 6.79. The zero-order valence-electron chi connectivity index (χ0n) is 14.4. The lowest BCUT2D eigenvalue weighted by Gasteiger charge is -2.39. The van der Waals surface area contributed by atoms with Crippen LogP contribution in [0.1, 0.15) is 0 Å². The predicted octanol–water partition coefficient (Wildman–Crippen LogP) is 1.95. The van der Waals surface area contributed by atoms with Crippen molar-refractivity contribution in [1.82, 2.24) is 9.21 Å². The molecule has 0 atom stereocenters. The van der Waals surface area contributed by atoms with Gasteiger partial charge in [0.2, 0.25) is 10.0 Å². The minimum absolute atomic E-state index is 0.0771. The molecule has 0 spiro atoms. The molecule has 2 heterocycles. The Balaban J connectivity index is 1.46. The minimum Gasteiger partial charge on any atom is -0.439 e. The summed E-state index contributed by atoms with van der Waals surface area (Å²) in [7, 11) is -3.61. The maximum Gasteiger partial charge on any atom is 0.417 e. The van der Waals surface area contributed by atoms with Gasteiger partial charge in [0.05, 0.1) is 4.90 Å². The van der Waals surface area contributed by atoms with Gasteiger partial charge >= 0.3 is 6.09 Å². The number of sulfonamides is 1. The molecule has 2 aliphatic rings. The van der Waals surface area contributed by atoms with Crippen molar-refractivity contribution in [2.75, 3.05) is 26.2 Å². The second-order valence-electron chi connectivity index (χ2n) is 6.64. The molecule has 0 aromatic heterocycles. The molecular formula is C19H18N2O5S. The smallest absolute Gasteiger partial charge is 0.417 e. The summed E-state index contributed by atoms with van der Waals surface area (Å²) in [5.74, 6) is -0.455. The number of ether oxygens (including phenoxy) is 1. The summed E-state index contributed by atoms with van der Waals surface area (Å²) in [6, 6.07) is 16.4. The van der Waals surface area contributed by atoms with E-state index in [0.717, 1.165) is 16.0 Å². The van der Waals surface area contributed by atoms with Crippen molar-refractivity contribution in [3.63, 3.8) is 0 Å². The molecular weight excluding hydrogens is 368 g/mol. The molecule has 2 saturated heterocycles. The molecule has 2 aliphatic heterocycles. The van der Waals surface area contributed by atoms with Gasteiger partial charge in [0.1, 0.15) is 0 Å². The quantitative estimate of drug-likeness (QED) is 0.784. The standard InChI is InChI=1S/C19H18N2O5S/c22-18-13-26-19(23)21(18)12-14-10-20(11-14)27(24,25)17-8-4-7-16(9-17)15-5-2-1-3-6-15/h1-9,14H,10-13H2. The van der Waals surface area contributed by atoms with E-state index < -0.39 is 16.1 Å². The van der Waals surface area contributed by atoms with E-state index in [1.807, 2.05) is 36.4 Å². The van der Waals surface area contributed by atoms with Gasteiger partial charge in [0, 0.05) is 25.6 Å². The Bertz CT molecular complexity index is 968. The van der Waals surface area contributed by atoms with Gasteiger partial charge in [-0.3, -0.25) is 4.79 Å². The molecule has 140 valence electrons. The van der Waals surface area contributed by atoms with Crippen LogP contribution in [0.5, 0.6) is 0 Å². The van der Waals surface area contributed by atoms with Gasteiger partial charge in [-0.1, -0.05) is 42.5 Å². The third kappa shape index (κ3) is 3.33. The summed E-state index contributed by atoms with van der Waals surface area (Å²) in [4.78, 5) is 24.3. The molecule has 7 nitrogen and oxygen atoms in total. The van der Waals surface area contributed by atoms with Crippen molar-refractivity contribution >= 4 is 22.0 Å².